The lowest BCUT2D eigenvalue weighted by Crippen LogP contribution is -2.15. The number of fused-ring (bicyclic) bond motifs is 1. The van der Waals surface area contributed by atoms with Crippen molar-refractivity contribution >= 4 is 16.9 Å². The number of H-pyrrole nitrogens is 1. The topological polar surface area (TPSA) is 102 Å². The normalized spacial score (nSPS) is 10.8. The lowest BCUT2D eigenvalue weighted by Gasteiger charge is -2.14. The summed E-state index contributed by atoms with van der Waals surface area (Å²) in [7, 11) is 6.25. The lowest BCUT2D eigenvalue weighted by molar-refractivity contribution is 0.0690. The standard InChI is InChI=1S/C21H24N2O6/c1-26-13-5-6-14-15(19(21(24)25)23-16(14)9-13)11-22-10-12-7-17(27-2)20(29-4)18(8-12)28-3/h5-9,22-23H,10-11H2,1-4H3,(H,24,25). The Morgan fingerprint density at radius 2 is 1.66 bits per heavy atom. The van der Waals surface area contributed by atoms with Gasteiger partial charge in [-0.3, -0.25) is 0 Å². The number of rotatable bonds is 9. The predicted molar refractivity (Wildman–Crippen MR) is 108 cm³/mol. The third kappa shape index (κ3) is 4.07. The van der Waals surface area contributed by atoms with Gasteiger partial charge in [0.25, 0.3) is 0 Å². The molecule has 29 heavy (non-hydrogen) atoms. The van der Waals surface area contributed by atoms with Crippen LogP contribution in [0.25, 0.3) is 10.9 Å². The summed E-state index contributed by atoms with van der Waals surface area (Å²) in [5, 5.41) is 13.7. The molecule has 0 aliphatic carbocycles. The van der Waals surface area contributed by atoms with E-state index in [-0.39, 0.29) is 5.69 Å². The Balaban J connectivity index is 1.84. The van der Waals surface area contributed by atoms with Crippen LogP contribution in [0.15, 0.2) is 30.3 Å². The summed E-state index contributed by atoms with van der Waals surface area (Å²) in [6, 6.07) is 9.15. The van der Waals surface area contributed by atoms with Gasteiger partial charge in [-0.05, 0) is 29.8 Å². The summed E-state index contributed by atoms with van der Waals surface area (Å²) in [4.78, 5) is 14.6. The molecule has 3 N–H and O–H groups in total. The Hall–Kier alpha value is -3.39. The molecular formula is C21H24N2O6. The molecule has 0 fully saturated rings. The molecule has 0 unspecified atom stereocenters. The molecule has 3 rings (SSSR count). The number of carboxylic acids is 1. The molecule has 0 radical (unpaired) electrons. The molecular weight excluding hydrogens is 376 g/mol. The number of carbonyl (C=O) groups is 1. The van der Waals surface area contributed by atoms with Crippen LogP contribution >= 0.6 is 0 Å². The van der Waals surface area contributed by atoms with E-state index in [1.807, 2.05) is 24.3 Å². The SMILES string of the molecule is COc1ccc2c(CNCc3cc(OC)c(OC)c(OC)c3)c(C(=O)O)[nH]c2c1. The maximum Gasteiger partial charge on any atom is 0.352 e. The van der Waals surface area contributed by atoms with Crippen molar-refractivity contribution in [3.05, 3.63) is 47.2 Å². The molecule has 154 valence electrons. The van der Waals surface area contributed by atoms with E-state index in [0.29, 0.717) is 47.2 Å². The van der Waals surface area contributed by atoms with E-state index in [4.69, 9.17) is 18.9 Å². The molecule has 2 aromatic carbocycles. The molecule has 8 heteroatoms. The van der Waals surface area contributed by atoms with Crippen molar-refractivity contribution in [2.24, 2.45) is 0 Å². The Bertz CT molecular complexity index is 1000. The highest BCUT2D eigenvalue weighted by Gasteiger charge is 2.18. The lowest BCUT2D eigenvalue weighted by atomic mass is 10.1. The van der Waals surface area contributed by atoms with Crippen molar-refractivity contribution < 1.29 is 28.8 Å². The van der Waals surface area contributed by atoms with Gasteiger partial charge in [-0.2, -0.15) is 0 Å². The molecule has 0 atom stereocenters. The number of aromatic nitrogens is 1. The van der Waals surface area contributed by atoms with E-state index in [1.165, 1.54) is 0 Å². The summed E-state index contributed by atoms with van der Waals surface area (Å²) in [6.07, 6.45) is 0. The molecule has 0 saturated carbocycles. The fourth-order valence-electron chi connectivity index (χ4n) is 3.30. The van der Waals surface area contributed by atoms with Gasteiger partial charge in [-0.15, -0.1) is 0 Å². The van der Waals surface area contributed by atoms with Crippen molar-refractivity contribution in [3.63, 3.8) is 0 Å². The van der Waals surface area contributed by atoms with Crippen molar-refractivity contribution in [3.8, 4) is 23.0 Å². The molecule has 0 amide bonds. The van der Waals surface area contributed by atoms with Crippen molar-refractivity contribution in [1.29, 1.82) is 0 Å². The van der Waals surface area contributed by atoms with Gasteiger partial charge in [-0.1, -0.05) is 0 Å². The molecule has 1 heterocycles. The van der Waals surface area contributed by atoms with Gasteiger partial charge in [0.2, 0.25) is 5.75 Å². The molecule has 8 nitrogen and oxygen atoms in total. The fraction of sp³-hybridized carbons (Fsp3) is 0.286. The minimum Gasteiger partial charge on any atom is -0.497 e. The third-order valence-electron chi connectivity index (χ3n) is 4.68. The van der Waals surface area contributed by atoms with E-state index < -0.39 is 5.97 Å². The number of ether oxygens (including phenoxy) is 4. The van der Waals surface area contributed by atoms with Gasteiger partial charge < -0.3 is 34.4 Å². The Labute approximate surface area is 168 Å². The second-order valence-corrected chi connectivity index (χ2v) is 6.33. The first-order valence-electron chi connectivity index (χ1n) is 8.93. The molecule has 3 aromatic rings. The molecule has 0 bridgehead atoms. The number of benzene rings is 2. The number of carboxylic acid groups (broad SMARTS) is 1. The van der Waals surface area contributed by atoms with E-state index in [0.717, 1.165) is 10.9 Å². The monoisotopic (exact) mass is 400 g/mol. The van der Waals surface area contributed by atoms with Gasteiger partial charge in [0.1, 0.15) is 11.4 Å². The van der Waals surface area contributed by atoms with Crippen molar-refractivity contribution in [2.75, 3.05) is 28.4 Å². The highest BCUT2D eigenvalue weighted by molar-refractivity contribution is 5.97. The van der Waals surface area contributed by atoms with Crippen LogP contribution in [-0.4, -0.2) is 44.5 Å². The van der Waals surface area contributed by atoms with Crippen LogP contribution in [0.3, 0.4) is 0 Å². The van der Waals surface area contributed by atoms with Crippen molar-refractivity contribution in [1.82, 2.24) is 10.3 Å². The van der Waals surface area contributed by atoms with Crippen LogP contribution in [0.4, 0.5) is 0 Å². The minimum atomic E-state index is -1.01. The average Bonchev–Trinajstić information content (AvgIpc) is 3.10. The second-order valence-electron chi connectivity index (χ2n) is 6.33. The maximum atomic E-state index is 11.7. The van der Waals surface area contributed by atoms with E-state index in [1.54, 1.807) is 34.5 Å². The second kappa shape index (κ2) is 8.74. The smallest absolute Gasteiger partial charge is 0.352 e. The maximum absolute atomic E-state index is 11.7. The zero-order valence-corrected chi connectivity index (χ0v) is 16.8. The molecule has 1 aromatic heterocycles. The number of methoxy groups -OCH3 is 4. The third-order valence-corrected chi connectivity index (χ3v) is 4.68. The molecule has 0 aliphatic heterocycles. The van der Waals surface area contributed by atoms with Crippen LogP contribution < -0.4 is 24.3 Å². The summed E-state index contributed by atoms with van der Waals surface area (Å²) < 4.78 is 21.3. The number of hydrogen-bond donors (Lipinski definition) is 3. The highest BCUT2D eigenvalue weighted by Crippen LogP contribution is 2.38. The summed E-state index contributed by atoms with van der Waals surface area (Å²) in [5.41, 5.74) is 2.47. The van der Waals surface area contributed by atoms with Gasteiger partial charge >= 0.3 is 5.97 Å². The number of aromatic amines is 1. The first-order valence-corrected chi connectivity index (χ1v) is 8.93. The minimum absolute atomic E-state index is 0.158. The van der Waals surface area contributed by atoms with E-state index >= 15 is 0 Å². The first kappa shape index (κ1) is 20.3. The van der Waals surface area contributed by atoms with Gasteiger partial charge in [0, 0.05) is 30.1 Å². The van der Waals surface area contributed by atoms with Crippen LogP contribution in [0.5, 0.6) is 23.0 Å². The van der Waals surface area contributed by atoms with Crippen molar-refractivity contribution in [2.45, 2.75) is 13.1 Å². The van der Waals surface area contributed by atoms with Crippen LogP contribution in [0, 0.1) is 0 Å². The Morgan fingerprint density at radius 3 is 2.21 bits per heavy atom. The first-order chi connectivity index (χ1) is 14.0. The fourth-order valence-corrected chi connectivity index (χ4v) is 3.30. The Morgan fingerprint density at radius 1 is 0.966 bits per heavy atom. The number of aromatic carboxylic acids is 1. The van der Waals surface area contributed by atoms with E-state index in [2.05, 4.69) is 10.3 Å². The van der Waals surface area contributed by atoms with Crippen LogP contribution in [-0.2, 0) is 13.1 Å². The van der Waals surface area contributed by atoms with Crippen LogP contribution in [0.1, 0.15) is 21.6 Å². The molecule has 0 aliphatic rings. The summed E-state index contributed by atoms with van der Waals surface area (Å²) in [5.74, 6) is 1.30. The predicted octanol–water partition coefficient (Wildman–Crippen LogP) is 3.19. The quantitative estimate of drug-likeness (QED) is 0.507. The van der Waals surface area contributed by atoms with Gasteiger partial charge in [0.15, 0.2) is 11.5 Å². The molecule has 0 spiro atoms. The highest BCUT2D eigenvalue weighted by atomic mass is 16.5. The van der Waals surface area contributed by atoms with Gasteiger partial charge in [-0.25, -0.2) is 4.79 Å². The number of hydrogen-bond acceptors (Lipinski definition) is 6. The zero-order chi connectivity index (χ0) is 21.0. The van der Waals surface area contributed by atoms with E-state index in [9.17, 15) is 9.90 Å². The molecule has 0 saturated heterocycles. The zero-order valence-electron chi connectivity index (χ0n) is 16.8. The Kier molecular flexibility index (Phi) is 6.13. The number of nitrogens with one attached hydrogen (secondary N) is 2. The average molecular weight is 400 g/mol. The van der Waals surface area contributed by atoms with Crippen LogP contribution in [0.2, 0.25) is 0 Å². The summed E-state index contributed by atoms with van der Waals surface area (Å²) in [6.45, 7) is 0.850. The largest absolute Gasteiger partial charge is 0.497 e. The van der Waals surface area contributed by atoms with Gasteiger partial charge in [0.05, 0.1) is 34.0 Å². The summed E-state index contributed by atoms with van der Waals surface area (Å²) >= 11 is 0.